The second-order valence-electron chi connectivity index (χ2n) is 5.04. The number of carbonyl (C=O) groups is 1. The van der Waals surface area contributed by atoms with Crippen molar-refractivity contribution in [1.29, 1.82) is 0 Å². The van der Waals surface area contributed by atoms with E-state index in [1.807, 2.05) is 25.1 Å². The van der Waals surface area contributed by atoms with E-state index >= 15 is 0 Å². The molecule has 0 aliphatic rings. The van der Waals surface area contributed by atoms with Gasteiger partial charge in [0.2, 0.25) is 0 Å². The average molecular weight is 331 g/mol. The molecule has 1 N–H and O–H groups in total. The van der Waals surface area contributed by atoms with Crippen molar-refractivity contribution >= 4 is 5.91 Å². The number of methoxy groups -OCH3 is 2. The molecule has 0 spiro atoms. The van der Waals surface area contributed by atoms with Crippen LogP contribution >= 0.6 is 0 Å². The van der Waals surface area contributed by atoms with Gasteiger partial charge in [-0.05, 0) is 24.6 Å². The molecule has 0 fully saturated rings. The van der Waals surface area contributed by atoms with Crippen LogP contribution in [0.4, 0.5) is 0 Å². The maximum absolute atomic E-state index is 12.1. The summed E-state index contributed by atoms with van der Waals surface area (Å²) >= 11 is 0. The highest BCUT2D eigenvalue weighted by Crippen LogP contribution is 2.30. The number of aromatic nitrogens is 2. The highest BCUT2D eigenvalue weighted by Gasteiger charge is 2.15. The predicted octanol–water partition coefficient (Wildman–Crippen LogP) is 2.00. The Hall–Kier alpha value is -2.67. The van der Waals surface area contributed by atoms with Crippen molar-refractivity contribution in [3.8, 4) is 11.5 Å². The number of nitrogens with zero attached hydrogens (tertiary/aromatic N) is 2. The molecule has 7 nitrogen and oxygen atoms in total. The van der Waals surface area contributed by atoms with Crippen molar-refractivity contribution in [2.75, 3.05) is 27.4 Å². The molecule has 24 heavy (non-hydrogen) atoms. The summed E-state index contributed by atoms with van der Waals surface area (Å²) in [7, 11) is 3.19. The smallest absolute Gasteiger partial charge is 0.271 e. The van der Waals surface area contributed by atoms with Gasteiger partial charge in [0.1, 0.15) is 12.3 Å². The minimum absolute atomic E-state index is 0.221. The van der Waals surface area contributed by atoms with Crippen molar-refractivity contribution in [3.63, 3.8) is 0 Å². The number of rotatable bonds is 8. The first-order valence-corrected chi connectivity index (χ1v) is 7.52. The molecular weight excluding hydrogens is 310 g/mol. The van der Waals surface area contributed by atoms with Gasteiger partial charge in [0, 0.05) is 19.5 Å². The summed E-state index contributed by atoms with van der Waals surface area (Å²) in [5.74, 6) is 0.949. The molecule has 0 aliphatic carbocycles. The first kappa shape index (κ1) is 17.7. The van der Waals surface area contributed by atoms with Gasteiger partial charge in [-0.3, -0.25) is 9.78 Å². The summed E-state index contributed by atoms with van der Waals surface area (Å²) in [6, 6.07) is 5.31. The summed E-state index contributed by atoms with van der Waals surface area (Å²) in [5.41, 5.74) is 1.17. The Labute approximate surface area is 141 Å². The number of hydrogen-bond donors (Lipinski definition) is 1. The largest absolute Gasteiger partial charge is 0.493 e. The highest BCUT2D eigenvalue weighted by molar-refractivity contribution is 5.92. The van der Waals surface area contributed by atoms with E-state index in [-0.39, 0.29) is 17.6 Å². The standard InChI is InChI=1S/C17H21N3O4/c1-12(20-17(21)14-11-18-6-7-19-14)13-4-5-15(16(10-13)23-3)24-9-8-22-2/h4-7,10-12H,8-9H2,1-3H3,(H,20,21). The number of nitrogens with one attached hydrogen (secondary N) is 1. The van der Waals surface area contributed by atoms with E-state index in [0.717, 1.165) is 5.56 Å². The van der Waals surface area contributed by atoms with E-state index in [9.17, 15) is 4.79 Å². The molecule has 1 unspecified atom stereocenters. The zero-order chi connectivity index (χ0) is 17.4. The molecule has 7 heteroatoms. The Balaban J connectivity index is 2.06. The lowest BCUT2D eigenvalue weighted by Crippen LogP contribution is -2.27. The minimum Gasteiger partial charge on any atom is -0.493 e. The van der Waals surface area contributed by atoms with Crippen LogP contribution in [0, 0.1) is 0 Å². The van der Waals surface area contributed by atoms with E-state index in [2.05, 4.69) is 15.3 Å². The van der Waals surface area contributed by atoms with Crippen molar-refractivity contribution in [1.82, 2.24) is 15.3 Å². The lowest BCUT2D eigenvalue weighted by molar-refractivity contribution is 0.0934. The number of carbonyl (C=O) groups excluding carboxylic acids is 1. The third-order valence-corrected chi connectivity index (χ3v) is 3.38. The normalized spacial score (nSPS) is 11.6. The Morgan fingerprint density at radius 2 is 2.04 bits per heavy atom. The molecule has 1 heterocycles. The van der Waals surface area contributed by atoms with Crippen LogP contribution in [0.15, 0.2) is 36.8 Å². The summed E-state index contributed by atoms with van der Waals surface area (Å²) < 4.78 is 15.9. The Morgan fingerprint density at radius 1 is 1.21 bits per heavy atom. The third kappa shape index (κ3) is 4.66. The van der Waals surface area contributed by atoms with Crippen LogP contribution in [0.3, 0.4) is 0 Å². The van der Waals surface area contributed by atoms with Crippen molar-refractivity contribution < 1.29 is 19.0 Å². The van der Waals surface area contributed by atoms with Crippen molar-refractivity contribution in [2.24, 2.45) is 0 Å². The Morgan fingerprint density at radius 3 is 2.71 bits per heavy atom. The molecular formula is C17H21N3O4. The first-order chi connectivity index (χ1) is 11.7. The molecule has 0 saturated carbocycles. The third-order valence-electron chi connectivity index (χ3n) is 3.38. The van der Waals surface area contributed by atoms with Crippen molar-refractivity contribution in [3.05, 3.63) is 48.0 Å². The summed E-state index contributed by atoms with van der Waals surface area (Å²) in [4.78, 5) is 20.0. The fourth-order valence-corrected chi connectivity index (χ4v) is 2.08. The average Bonchev–Trinajstić information content (AvgIpc) is 2.62. The van der Waals surface area contributed by atoms with Gasteiger partial charge < -0.3 is 19.5 Å². The van der Waals surface area contributed by atoms with Gasteiger partial charge in [-0.15, -0.1) is 0 Å². The minimum atomic E-state index is -0.282. The van der Waals surface area contributed by atoms with Gasteiger partial charge >= 0.3 is 0 Å². The molecule has 0 saturated heterocycles. The van der Waals surface area contributed by atoms with Crippen molar-refractivity contribution in [2.45, 2.75) is 13.0 Å². The highest BCUT2D eigenvalue weighted by atomic mass is 16.5. The summed E-state index contributed by atoms with van der Waals surface area (Å²) in [6.45, 7) is 2.81. The van der Waals surface area contributed by atoms with Gasteiger partial charge in [0.15, 0.2) is 11.5 Å². The summed E-state index contributed by atoms with van der Waals surface area (Å²) in [5, 5.41) is 2.88. The first-order valence-electron chi connectivity index (χ1n) is 7.52. The van der Waals surface area contributed by atoms with Gasteiger partial charge in [-0.2, -0.15) is 0 Å². The molecule has 0 bridgehead atoms. The van der Waals surface area contributed by atoms with E-state index in [4.69, 9.17) is 14.2 Å². The topological polar surface area (TPSA) is 82.6 Å². The van der Waals surface area contributed by atoms with E-state index in [1.165, 1.54) is 18.6 Å². The predicted molar refractivity (Wildman–Crippen MR) is 88.3 cm³/mol. The molecule has 1 atom stereocenters. The van der Waals surface area contributed by atoms with Crippen LogP contribution in [0.5, 0.6) is 11.5 Å². The van der Waals surface area contributed by atoms with Crippen LogP contribution in [0.1, 0.15) is 29.0 Å². The van der Waals surface area contributed by atoms with E-state index in [1.54, 1.807) is 14.2 Å². The maximum atomic E-state index is 12.1. The Kier molecular flexibility index (Phi) is 6.51. The van der Waals surface area contributed by atoms with E-state index < -0.39 is 0 Å². The van der Waals surface area contributed by atoms with Crippen LogP contribution in [0.25, 0.3) is 0 Å². The second-order valence-corrected chi connectivity index (χ2v) is 5.04. The molecule has 1 amide bonds. The fraction of sp³-hybridized carbons (Fsp3) is 0.353. The van der Waals surface area contributed by atoms with Gasteiger partial charge in [0.05, 0.1) is 26.0 Å². The number of benzene rings is 1. The van der Waals surface area contributed by atoms with Crippen LogP contribution in [-0.2, 0) is 4.74 Å². The molecule has 2 aromatic rings. The van der Waals surface area contributed by atoms with Gasteiger partial charge in [0.25, 0.3) is 5.91 Å². The molecule has 0 radical (unpaired) electrons. The quantitative estimate of drug-likeness (QED) is 0.745. The molecule has 128 valence electrons. The Bertz CT molecular complexity index is 664. The SMILES string of the molecule is COCCOc1ccc(C(C)NC(=O)c2cnccn2)cc1OC. The maximum Gasteiger partial charge on any atom is 0.271 e. The number of amides is 1. The van der Waals surface area contributed by atoms with E-state index in [0.29, 0.717) is 24.7 Å². The summed E-state index contributed by atoms with van der Waals surface area (Å²) in [6.07, 6.45) is 4.43. The lowest BCUT2D eigenvalue weighted by Gasteiger charge is -2.17. The molecule has 1 aromatic carbocycles. The number of hydrogen-bond acceptors (Lipinski definition) is 6. The van der Waals surface area contributed by atoms with Crippen LogP contribution in [-0.4, -0.2) is 43.3 Å². The monoisotopic (exact) mass is 331 g/mol. The molecule has 1 aromatic heterocycles. The van der Waals surface area contributed by atoms with Gasteiger partial charge in [-0.1, -0.05) is 6.07 Å². The zero-order valence-corrected chi connectivity index (χ0v) is 14.0. The number of ether oxygens (including phenoxy) is 3. The lowest BCUT2D eigenvalue weighted by atomic mass is 10.1. The fourth-order valence-electron chi connectivity index (χ4n) is 2.08. The molecule has 2 rings (SSSR count). The zero-order valence-electron chi connectivity index (χ0n) is 14.0. The van der Waals surface area contributed by atoms with Crippen LogP contribution < -0.4 is 14.8 Å². The second kappa shape index (κ2) is 8.83. The molecule has 0 aliphatic heterocycles. The van der Waals surface area contributed by atoms with Crippen LogP contribution in [0.2, 0.25) is 0 Å². The van der Waals surface area contributed by atoms with Gasteiger partial charge in [-0.25, -0.2) is 4.98 Å².